The highest BCUT2D eigenvalue weighted by molar-refractivity contribution is 6.30. The third-order valence-corrected chi connectivity index (χ3v) is 9.61. The number of ether oxygens (including phenoxy) is 1. The molecule has 0 N–H and O–H groups in total. The van der Waals surface area contributed by atoms with E-state index in [1.165, 1.54) is 4.90 Å². The second-order valence-corrected chi connectivity index (χ2v) is 12.0. The molecule has 0 saturated carbocycles. The molecule has 5 aliphatic rings. The van der Waals surface area contributed by atoms with Gasteiger partial charge in [-0.25, -0.2) is 4.90 Å². The Balaban J connectivity index is 1.02. The van der Waals surface area contributed by atoms with E-state index in [0.717, 1.165) is 22.3 Å². The van der Waals surface area contributed by atoms with Gasteiger partial charge in [0.2, 0.25) is 17.7 Å². The Labute approximate surface area is 252 Å². The molecule has 7 nitrogen and oxygen atoms in total. The number of amides is 3. The molecule has 0 spiro atoms. The van der Waals surface area contributed by atoms with Crippen LogP contribution in [0.2, 0.25) is 5.02 Å². The predicted molar refractivity (Wildman–Crippen MR) is 160 cm³/mol. The van der Waals surface area contributed by atoms with Gasteiger partial charge in [-0.3, -0.25) is 19.2 Å². The van der Waals surface area contributed by atoms with Crippen LogP contribution in [0.4, 0.5) is 11.4 Å². The predicted octanol–water partition coefficient (Wildman–Crippen LogP) is 5.70. The lowest BCUT2D eigenvalue weighted by Gasteiger charge is -2.45. The molecular weight excluding hydrogens is 564 g/mol. The van der Waals surface area contributed by atoms with E-state index < -0.39 is 23.7 Å². The highest BCUT2D eigenvalue weighted by atomic mass is 35.5. The molecule has 9 rings (SSSR count). The maximum Gasteiger partial charge on any atom is 0.316 e. The van der Waals surface area contributed by atoms with Gasteiger partial charge in [0.25, 0.3) is 0 Å². The fourth-order valence-electron chi connectivity index (χ4n) is 7.53. The SMILES string of the molecule is O=C(Oc1ccc(N2C(=O)[C@@H]3C4c5ccccc5C(c5ccccc54)[C@@H]3C2=O)cc1)[C@H]1CC(=O)N(c2ccc(Cl)cc2)C1. The Bertz CT molecular complexity index is 1720. The maximum atomic E-state index is 14.0. The van der Waals surface area contributed by atoms with Crippen LogP contribution in [0.1, 0.15) is 40.5 Å². The molecule has 212 valence electrons. The van der Waals surface area contributed by atoms with Crippen molar-refractivity contribution in [1.82, 2.24) is 0 Å². The number of rotatable bonds is 4. The number of imide groups is 1. The first-order valence-corrected chi connectivity index (χ1v) is 14.7. The third-order valence-electron chi connectivity index (χ3n) is 9.36. The quantitative estimate of drug-likeness (QED) is 0.174. The summed E-state index contributed by atoms with van der Waals surface area (Å²) in [6.07, 6.45) is 0.0478. The second-order valence-electron chi connectivity index (χ2n) is 11.6. The summed E-state index contributed by atoms with van der Waals surface area (Å²) in [5, 5.41) is 0.563. The normalized spacial score (nSPS) is 25.0. The second kappa shape index (κ2) is 9.64. The van der Waals surface area contributed by atoms with Gasteiger partial charge >= 0.3 is 5.97 Å². The van der Waals surface area contributed by atoms with Crippen LogP contribution in [0, 0.1) is 17.8 Å². The molecule has 3 atom stereocenters. The monoisotopic (exact) mass is 588 g/mol. The Morgan fingerprint density at radius 2 is 1.16 bits per heavy atom. The smallest absolute Gasteiger partial charge is 0.316 e. The van der Waals surface area contributed by atoms with Gasteiger partial charge in [-0.15, -0.1) is 0 Å². The summed E-state index contributed by atoms with van der Waals surface area (Å²) >= 11 is 5.96. The summed E-state index contributed by atoms with van der Waals surface area (Å²) in [7, 11) is 0. The van der Waals surface area contributed by atoms with E-state index in [9.17, 15) is 19.2 Å². The van der Waals surface area contributed by atoms with Crippen LogP contribution in [-0.4, -0.2) is 30.2 Å². The van der Waals surface area contributed by atoms with Gasteiger partial charge in [0.1, 0.15) is 5.75 Å². The van der Waals surface area contributed by atoms with Crippen LogP contribution < -0.4 is 14.5 Å². The Hall–Kier alpha value is -4.75. The van der Waals surface area contributed by atoms with Gasteiger partial charge in [-0.1, -0.05) is 60.1 Å². The molecule has 0 unspecified atom stereocenters. The molecule has 3 amide bonds. The van der Waals surface area contributed by atoms with Crippen LogP contribution in [0.15, 0.2) is 97.1 Å². The van der Waals surface area contributed by atoms with E-state index in [2.05, 4.69) is 24.3 Å². The zero-order valence-electron chi connectivity index (χ0n) is 22.9. The molecule has 2 fully saturated rings. The summed E-state index contributed by atoms with van der Waals surface area (Å²) in [4.78, 5) is 56.4. The van der Waals surface area contributed by atoms with E-state index in [1.807, 2.05) is 24.3 Å². The minimum absolute atomic E-state index is 0.0478. The van der Waals surface area contributed by atoms with E-state index in [0.29, 0.717) is 16.4 Å². The molecule has 2 bridgehead atoms. The summed E-state index contributed by atoms with van der Waals surface area (Å²) in [6, 6.07) is 29.6. The summed E-state index contributed by atoms with van der Waals surface area (Å²) in [5.74, 6) is -2.71. The molecule has 3 aliphatic carbocycles. The molecule has 0 radical (unpaired) electrons. The lowest BCUT2D eigenvalue weighted by atomic mass is 9.55. The fraction of sp³-hybridized carbons (Fsp3) is 0.200. The van der Waals surface area contributed by atoms with Gasteiger partial charge in [-0.05, 0) is 70.8 Å². The van der Waals surface area contributed by atoms with Crippen LogP contribution >= 0.6 is 11.6 Å². The minimum atomic E-state index is -0.619. The Kier molecular flexibility index (Phi) is 5.81. The highest BCUT2D eigenvalue weighted by Gasteiger charge is 2.61. The van der Waals surface area contributed by atoms with Crippen molar-refractivity contribution in [3.05, 3.63) is 124 Å². The third kappa shape index (κ3) is 3.88. The fourth-order valence-corrected chi connectivity index (χ4v) is 7.66. The van der Waals surface area contributed by atoms with E-state index >= 15 is 0 Å². The number of carbonyl (C=O) groups excluding carboxylic acids is 4. The lowest BCUT2D eigenvalue weighted by molar-refractivity contribution is -0.139. The first kappa shape index (κ1) is 25.9. The number of benzene rings is 4. The minimum Gasteiger partial charge on any atom is -0.426 e. The molecule has 2 saturated heterocycles. The van der Waals surface area contributed by atoms with E-state index in [1.54, 1.807) is 53.4 Å². The zero-order chi connectivity index (χ0) is 29.4. The molecular formula is C35H25ClN2O5. The molecule has 2 heterocycles. The van der Waals surface area contributed by atoms with Gasteiger partial charge in [0, 0.05) is 35.5 Å². The average Bonchev–Trinajstić information content (AvgIpc) is 3.55. The van der Waals surface area contributed by atoms with Crippen LogP contribution in [0.5, 0.6) is 5.75 Å². The summed E-state index contributed by atoms with van der Waals surface area (Å²) in [5.41, 5.74) is 5.61. The zero-order valence-corrected chi connectivity index (χ0v) is 23.6. The van der Waals surface area contributed by atoms with Gasteiger partial charge < -0.3 is 9.64 Å². The summed E-state index contributed by atoms with van der Waals surface area (Å²) < 4.78 is 5.62. The molecule has 8 heteroatoms. The number of nitrogens with zero attached hydrogens (tertiary/aromatic N) is 2. The van der Waals surface area contributed by atoms with Crippen LogP contribution in [-0.2, 0) is 19.2 Å². The van der Waals surface area contributed by atoms with Crippen molar-refractivity contribution in [2.45, 2.75) is 18.3 Å². The first-order chi connectivity index (χ1) is 20.9. The van der Waals surface area contributed by atoms with Crippen molar-refractivity contribution in [1.29, 1.82) is 0 Å². The number of hydrogen-bond donors (Lipinski definition) is 0. The van der Waals surface area contributed by atoms with Crippen molar-refractivity contribution < 1.29 is 23.9 Å². The number of hydrogen-bond acceptors (Lipinski definition) is 5. The van der Waals surface area contributed by atoms with Crippen molar-refractivity contribution in [2.75, 3.05) is 16.3 Å². The van der Waals surface area contributed by atoms with E-state index in [-0.39, 0.29) is 48.3 Å². The summed E-state index contributed by atoms with van der Waals surface area (Å²) in [6.45, 7) is 0.212. The van der Waals surface area contributed by atoms with Crippen molar-refractivity contribution in [3.63, 3.8) is 0 Å². The molecule has 4 aromatic carbocycles. The van der Waals surface area contributed by atoms with Gasteiger partial charge in [0.15, 0.2) is 0 Å². The standard InChI is InChI=1S/C35H25ClN2O5/c36-20-9-11-21(12-10-20)37-18-19(17-28(37)39)35(42)43-23-15-13-22(14-16-23)38-33(40)31-29-24-5-1-2-6-25(24)30(32(31)34(38)41)27-8-4-3-7-26(27)29/h1-16,19,29-32H,17-18H2/t19-,29?,30?,31-,32+/m0/s1. The van der Waals surface area contributed by atoms with Crippen LogP contribution in [0.3, 0.4) is 0 Å². The largest absolute Gasteiger partial charge is 0.426 e. The van der Waals surface area contributed by atoms with Crippen molar-refractivity contribution >= 4 is 46.7 Å². The molecule has 0 aromatic heterocycles. The molecule has 43 heavy (non-hydrogen) atoms. The maximum absolute atomic E-state index is 14.0. The average molecular weight is 589 g/mol. The van der Waals surface area contributed by atoms with Gasteiger partial charge in [0.05, 0.1) is 23.4 Å². The number of carbonyl (C=O) groups is 4. The topological polar surface area (TPSA) is 84.0 Å². The van der Waals surface area contributed by atoms with E-state index in [4.69, 9.17) is 16.3 Å². The van der Waals surface area contributed by atoms with Crippen LogP contribution in [0.25, 0.3) is 0 Å². The van der Waals surface area contributed by atoms with Crippen molar-refractivity contribution in [3.8, 4) is 5.75 Å². The number of anilines is 2. The highest BCUT2D eigenvalue weighted by Crippen LogP contribution is 2.61. The number of halogens is 1. The Morgan fingerprint density at radius 3 is 1.67 bits per heavy atom. The lowest BCUT2D eigenvalue weighted by Crippen LogP contribution is -2.41. The van der Waals surface area contributed by atoms with Gasteiger partial charge in [-0.2, -0.15) is 0 Å². The van der Waals surface area contributed by atoms with Crippen molar-refractivity contribution in [2.24, 2.45) is 17.8 Å². The first-order valence-electron chi connectivity index (χ1n) is 14.3. The Morgan fingerprint density at radius 1 is 0.674 bits per heavy atom. The molecule has 2 aliphatic heterocycles. The number of esters is 1. The molecule has 4 aromatic rings.